The van der Waals surface area contributed by atoms with Crippen LogP contribution in [-0.2, 0) is 6.61 Å². The maximum Gasteiger partial charge on any atom is 0.339 e. The Morgan fingerprint density at radius 1 is 1.05 bits per heavy atom. The number of rotatable bonds is 4. The van der Waals surface area contributed by atoms with Crippen LogP contribution >= 0.6 is 0 Å². The lowest BCUT2D eigenvalue weighted by Crippen LogP contribution is -2.03. The summed E-state index contributed by atoms with van der Waals surface area (Å²) in [5, 5.41) is 11.2. The third-order valence-electron chi connectivity index (χ3n) is 3.22. The van der Waals surface area contributed by atoms with Gasteiger partial charge >= 0.3 is 5.97 Å². The van der Waals surface area contributed by atoms with Crippen LogP contribution in [-0.4, -0.2) is 16.1 Å². The maximum absolute atomic E-state index is 11.4. The Balaban J connectivity index is 1.96. The lowest BCUT2D eigenvalue weighted by molar-refractivity contribution is 0.0692. The quantitative estimate of drug-likeness (QED) is 0.794. The number of nitrogens with zero attached hydrogens (tertiary/aromatic N) is 1. The van der Waals surface area contributed by atoms with Crippen LogP contribution in [0.25, 0.3) is 10.8 Å². The molecular formula is C17H13NO3. The van der Waals surface area contributed by atoms with E-state index in [0.717, 1.165) is 16.3 Å². The van der Waals surface area contributed by atoms with E-state index in [-0.39, 0.29) is 5.56 Å². The fourth-order valence-electron chi connectivity index (χ4n) is 2.15. The number of hydrogen-bond acceptors (Lipinski definition) is 3. The normalized spacial score (nSPS) is 10.5. The van der Waals surface area contributed by atoms with Crippen LogP contribution in [0, 0.1) is 0 Å². The van der Waals surface area contributed by atoms with Crippen molar-refractivity contribution in [3.8, 4) is 5.75 Å². The first-order chi connectivity index (χ1) is 10.2. The molecule has 0 radical (unpaired) electrons. The minimum Gasteiger partial charge on any atom is -0.488 e. The van der Waals surface area contributed by atoms with Gasteiger partial charge in [0.1, 0.15) is 17.9 Å². The number of carboxylic acids is 1. The smallest absolute Gasteiger partial charge is 0.339 e. The second kappa shape index (κ2) is 5.63. The molecule has 104 valence electrons. The van der Waals surface area contributed by atoms with Crippen LogP contribution in [0.4, 0.5) is 0 Å². The third-order valence-corrected chi connectivity index (χ3v) is 3.22. The number of carboxylic acid groups (broad SMARTS) is 1. The van der Waals surface area contributed by atoms with Gasteiger partial charge in [0.05, 0.1) is 0 Å². The van der Waals surface area contributed by atoms with Crippen LogP contribution in [0.2, 0.25) is 0 Å². The minimum absolute atomic E-state index is 0.169. The number of ether oxygens (including phenoxy) is 1. The molecule has 0 bridgehead atoms. The van der Waals surface area contributed by atoms with E-state index in [4.69, 9.17) is 4.74 Å². The molecule has 3 rings (SSSR count). The lowest BCUT2D eigenvalue weighted by atomic mass is 10.1. The predicted molar refractivity (Wildman–Crippen MR) is 79.5 cm³/mol. The summed E-state index contributed by atoms with van der Waals surface area (Å²) in [4.78, 5) is 15.3. The summed E-state index contributed by atoms with van der Waals surface area (Å²) in [6.07, 6.45) is 3.36. The maximum atomic E-state index is 11.4. The van der Waals surface area contributed by atoms with Crippen molar-refractivity contribution < 1.29 is 14.6 Å². The molecule has 0 aliphatic carbocycles. The van der Waals surface area contributed by atoms with E-state index in [2.05, 4.69) is 4.98 Å². The average Bonchev–Trinajstić information content (AvgIpc) is 2.53. The van der Waals surface area contributed by atoms with Gasteiger partial charge in [-0.15, -0.1) is 0 Å². The third kappa shape index (κ3) is 2.84. The zero-order valence-electron chi connectivity index (χ0n) is 11.2. The minimum atomic E-state index is -0.995. The van der Waals surface area contributed by atoms with Crippen molar-refractivity contribution in [2.75, 3.05) is 0 Å². The Labute approximate surface area is 121 Å². The Kier molecular flexibility index (Phi) is 3.51. The monoisotopic (exact) mass is 279 g/mol. The fourth-order valence-corrected chi connectivity index (χ4v) is 2.15. The standard InChI is InChI=1S/C17H13NO3/c19-17(20)15-9-13-3-1-2-4-14(13)10-16(15)21-11-12-5-7-18-8-6-12/h1-10H,11H2,(H,19,20). The Hall–Kier alpha value is -2.88. The average molecular weight is 279 g/mol. The van der Waals surface area contributed by atoms with E-state index in [0.29, 0.717) is 12.4 Å². The van der Waals surface area contributed by atoms with Crippen molar-refractivity contribution in [2.45, 2.75) is 6.61 Å². The first-order valence-electron chi connectivity index (χ1n) is 6.52. The molecule has 0 atom stereocenters. The van der Waals surface area contributed by atoms with Gasteiger partial charge < -0.3 is 9.84 Å². The SMILES string of the molecule is O=C(O)c1cc2ccccc2cc1OCc1ccncc1. The molecule has 4 nitrogen and oxygen atoms in total. The van der Waals surface area contributed by atoms with Gasteiger partial charge in [0.15, 0.2) is 0 Å². The summed E-state index contributed by atoms with van der Waals surface area (Å²) in [6, 6.07) is 14.7. The molecule has 0 saturated carbocycles. The molecule has 3 aromatic rings. The summed E-state index contributed by atoms with van der Waals surface area (Å²) in [6.45, 7) is 0.307. The van der Waals surface area contributed by atoms with Crippen LogP contribution in [0.15, 0.2) is 60.9 Å². The van der Waals surface area contributed by atoms with Crippen molar-refractivity contribution >= 4 is 16.7 Å². The first-order valence-corrected chi connectivity index (χ1v) is 6.52. The van der Waals surface area contributed by atoms with E-state index in [9.17, 15) is 9.90 Å². The summed E-state index contributed by atoms with van der Waals surface area (Å²) >= 11 is 0. The molecule has 0 aliphatic rings. The molecule has 4 heteroatoms. The van der Waals surface area contributed by atoms with Gasteiger partial charge in [-0.3, -0.25) is 4.98 Å². The first kappa shape index (κ1) is 13.1. The number of benzene rings is 2. The highest BCUT2D eigenvalue weighted by atomic mass is 16.5. The van der Waals surface area contributed by atoms with E-state index in [1.165, 1.54) is 0 Å². The molecular weight excluding hydrogens is 266 g/mol. The highest BCUT2D eigenvalue weighted by Crippen LogP contribution is 2.26. The molecule has 0 amide bonds. The number of hydrogen-bond donors (Lipinski definition) is 1. The largest absolute Gasteiger partial charge is 0.488 e. The number of aromatic carboxylic acids is 1. The van der Waals surface area contributed by atoms with Gasteiger partial charge in [-0.2, -0.15) is 0 Å². The Morgan fingerprint density at radius 3 is 2.38 bits per heavy atom. The summed E-state index contributed by atoms with van der Waals surface area (Å²) < 4.78 is 5.68. The summed E-state index contributed by atoms with van der Waals surface area (Å²) in [7, 11) is 0. The van der Waals surface area contributed by atoms with Crippen LogP contribution in [0.3, 0.4) is 0 Å². The highest BCUT2D eigenvalue weighted by molar-refractivity contribution is 5.97. The van der Waals surface area contributed by atoms with Crippen molar-refractivity contribution in [1.29, 1.82) is 0 Å². The molecule has 0 unspecified atom stereocenters. The fraction of sp³-hybridized carbons (Fsp3) is 0.0588. The topological polar surface area (TPSA) is 59.4 Å². The molecule has 0 fully saturated rings. The molecule has 21 heavy (non-hydrogen) atoms. The van der Waals surface area contributed by atoms with Gasteiger partial charge in [-0.1, -0.05) is 24.3 Å². The number of fused-ring (bicyclic) bond motifs is 1. The second-order valence-corrected chi connectivity index (χ2v) is 4.64. The van der Waals surface area contributed by atoms with Crippen molar-refractivity contribution in [1.82, 2.24) is 4.98 Å². The van der Waals surface area contributed by atoms with E-state index >= 15 is 0 Å². The summed E-state index contributed by atoms with van der Waals surface area (Å²) in [5.74, 6) is -0.622. The van der Waals surface area contributed by atoms with Crippen molar-refractivity contribution in [3.63, 3.8) is 0 Å². The van der Waals surface area contributed by atoms with Gasteiger partial charge in [-0.05, 0) is 40.6 Å². The van der Waals surface area contributed by atoms with Gasteiger partial charge in [0, 0.05) is 12.4 Å². The van der Waals surface area contributed by atoms with Crippen LogP contribution < -0.4 is 4.74 Å². The van der Waals surface area contributed by atoms with E-state index < -0.39 is 5.97 Å². The lowest BCUT2D eigenvalue weighted by Gasteiger charge is -2.10. The molecule has 1 N–H and O–H groups in total. The number of aromatic nitrogens is 1. The van der Waals surface area contributed by atoms with Crippen LogP contribution in [0.5, 0.6) is 5.75 Å². The summed E-state index contributed by atoms with van der Waals surface area (Å²) in [5.41, 5.74) is 1.11. The van der Waals surface area contributed by atoms with Crippen LogP contribution in [0.1, 0.15) is 15.9 Å². The molecule has 1 aromatic heterocycles. The van der Waals surface area contributed by atoms with E-state index in [1.807, 2.05) is 36.4 Å². The highest BCUT2D eigenvalue weighted by Gasteiger charge is 2.13. The molecule has 1 heterocycles. The zero-order chi connectivity index (χ0) is 14.7. The van der Waals surface area contributed by atoms with Gasteiger partial charge in [0.2, 0.25) is 0 Å². The molecule has 2 aromatic carbocycles. The molecule has 0 saturated heterocycles. The predicted octanol–water partition coefficient (Wildman–Crippen LogP) is 3.51. The van der Waals surface area contributed by atoms with Crippen molar-refractivity contribution in [3.05, 3.63) is 72.1 Å². The Bertz CT molecular complexity index is 784. The molecule has 0 aliphatic heterocycles. The molecule has 0 spiro atoms. The van der Waals surface area contributed by atoms with E-state index in [1.54, 1.807) is 24.5 Å². The number of pyridine rings is 1. The van der Waals surface area contributed by atoms with Crippen molar-refractivity contribution in [2.24, 2.45) is 0 Å². The zero-order valence-corrected chi connectivity index (χ0v) is 11.2. The second-order valence-electron chi connectivity index (χ2n) is 4.64. The number of carbonyl (C=O) groups is 1. The van der Waals surface area contributed by atoms with Gasteiger partial charge in [0.25, 0.3) is 0 Å². The van der Waals surface area contributed by atoms with Gasteiger partial charge in [-0.25, -0.2) is 4.79 Å². The Morgan fingerprint density at radius 2 is 1.71 bits per heavy atom.